The van der Waals surface area contributed by atoms with Crippen LogP contribution >= 0.6 is 0 Å². The fraction of sp³-hybridized carbons (Fsp3) is 0.935. The van der Waals surface area contributed by atoms with Gasteiger partial charge in [0, 0.05) is 19.4 Å². The molecule has 0 radical (unpaired) electrons. The number of rotatable bonds is 105. The molecule has 1 unspecified atom stereocenters. The van der Waals surface area contributed by atoms with Gasteiger partial charge in [-0.1, -0.05) is 647 Å². The fourth-order valence-electron chi connectivity index (χ4n) is 18.7. The van der Waals surface area contributed by atoms with Crippen LogP contribution in [-0.4, -0.2) is 96.3 Å². The predicted molar refractivity (Wildman–Crippen MR) is 590 cm³/mol. The number of carboxylic acid groups (broad SMARTS) is 1. The van der Waals surface area contributed by atoms with E-state index in [0.29, 0.717) is 37.9 Å². The molecule has 3 N–H and O–H groups in total. The number of hydrogen-bond donors (Lipinski definition) is 3. The fourth-order valence-corrected chi connectivity index (χ4v) is 18.7. The van der Waals surface area contributed by atoms with E-state index in [-0.39, 0.29) is 58.5 Å². The summed E-state index contributed by atoms with van der Waals surface area (Å²) >= 11 is 0. The van der Waals surface area contributed by atoms with Crippen molar-refractivity contribution in [3.05, 3.63) is 0 Å². The Labute approximate surface area is 873 Å². The van der Waals surface area contributed by atoms with Crippen LogP contribution in [0.1, 0.15) is 698 Å². The van der Waals surface area contributed by atoms with Crippen LogP contribution < -0.4 is 0 Å². The molecule has 0 aliphatic carbocycles. The normalized spacial score (nSPS) is 11.5. The van der Waals surface area contributed by atoms with Gasteiger partial charge >= 0.3 is 42.7 Å². The van der Waals surface area contributed by atoms with Gasteiger partial charge in [-0.3, -0.25) is 9.59 Å². The van der Waals surface area contributed by atoms with Crippen molar-refractivity contribution in [3.63, 3.8) is 0 Å². The summed E-state index contributed by atoms with van der Waals surface area (Å²) in [5.41, 5.74) is 0. The summed E-state index contributed by atoms with van der Waals surface area (Å²) < 4.78 is 14.4. The lowest BCUT2D eigenvalue weighted by Gasteiger charge is -2.17. The zero-order chi connectivity index (χ0) is 104. The molecule has 1 fully saturated rings. The van der Waals surface area contributed by atoms with E-state index >= 15 is 0 Å². The van der Waals surface area contributed by atoms with Gasteiger partial charge in [-0.15, -0.1) is 0 Å². The second-order valence-electron chi connectivity index (χ2n) is 40.9. The molecule has 0 aromatic rings. The Morgan fingerprint density at radius 3 is 0.560 bits per heavy atom. The molecule has 1 aliphatic rings. The van der Waals surface area contributed by atoms with Crippen molar-refractivity contribution in [2.24, 2.45) is 11.8 Å². The maximum absolute atomic E-state index is 12.7. The average molecular weight is 2010 g/mol. The molecule has 18 nitrogen and oxygen atoms in total. The van der Waals surface area contributed by atoms with E-state index in [2.05, 4.69) is 51.0 Å². The lowest BCUT2D eigenvalue weighted by atomic mass is 9.94. The Kier molecular flexibility index (Phi) is 164. The molecule has 1 rings (SSSR count). The number of hydrogen-bond acceptors (Lipinski definition) is 17. The highest BCUT2D eigenvalue weighted by Crippen LogP contribution is 2.26. The number of carboxylic acids is 1. The van der Waals surface area contributed by atoms with E-state index in [1.54, 1.807) is 0 Å². The highest BCUT2D eigenvalue weighted by atomic mass is 16.8. The van der Waals surface area contributed by atoms with Gasteiger partial charge in [-0.2, -0.15) is 38.4 Å². The van der Waals surface area contributed by atoms with Crippen molar-refractivity contribution in [3.8, 4) is 0 Å². The Hall–Kier alpha value is -4.68. The van der Waals surface area contributed by atoms with Gasteiger partial charge in [-0.05, 0) is 50.4 Å². The monoisotopic (exact) mass is 2010 g/mol. The summed E-state index contributed by atoms with van der Waals surface area (Å²) in [7, 11) is 0. The largest absolute Gasteiger partial charge is 0.508 e. The van der Waals surface area contributed by atoms with Crippen molar-refractivity contribution in [1.29, 1.82) is 0 Å². The smallest absolute Gasteiger partial charge is 0.481 e. The third-order valence-electron chi connectivity index (χ3n) is 27.7. The highest BCUT2D eigenvalue weighted by molar-refractivity contribution is 6.33. The maximum Gasteiger partial charge on any atom is 0.508 e. The van der Waals surface area contributed by atoms with Crippen LogP contribution in [0.3, 0.4) is 0 Å². The topological polar surface area (TPSA) is 293 Å². The summed E-state index contributed by atoms with van der Waals surface area (Å²) in [6.45, 7) is 14.6. The van der Waals surface area contributed by atoms with Crippen LogP contribution in [0.5, 0.6) is 0 Å². The quantitative estimate of drug-likeness (QED) is 0.0290. The number of cyclic esters (lactones) is 2. The zero-order valence-electron chi connectivity index (χ0n) is 92.7. The predicted octanol–water partition coefficient (Wildman–Crippen LogP) is 39.0. The van der Waals surface area contributed by atoms with Crippen LogP contribution in [0.15, 0.2) is 0 Å². The Balaban J connectivity index is -0.000000259. The molecule has 1 atom stereocenters. The minimum atomic E-state index is -0.691. The molecule has 0 aromatic carbocycles. The maximum atomic E-state index is 12.7. The van der Waals surface area contributed by atoms with E-state index in [1.807, 2.05) is 0 Å². The summed E-state index contributed by atoms with van der Waals surface area (Å²) in [6, 6.07) is 0. The number of Topliss-reactive ketones (excluding diaryl/α,β-unsaturated/α-hetero) is 1. The molecule has 1 heterocycles. The number of ether oxygens (including phenoxy) is 3. The number of aliphatic carboxylic acids is 1. The lowest BCUT2D eigenvalue weighted by molar-refractivity contribution is -0.193. The van der Waals surface area contributed by atoms with Crippen molar-refractivity contribution >= 4 is 48.5 Å². The molecule has 0 bridgehead atoms. The zero-order valence-corrected chi connectivity index (χ0v) is 92.7. The van der Waals surface area contributed by atoms with Crippen molar-refractivity contribution in [2.45, 2.75) is 705 Å². The van der Waals surface area contributed by atoms with Gasteiger partial charge in [0.25, 0.3) is 0 Å². The number of carbonyl (C=O) groups is 4. The van der Waals surface area contributed by atoms with Gasteiger partial charge in [0.2, 0.25) is 5.78 Å². The number of aliphatic hydroxyl groups is 2. The summed E-state index contributed by atoms with van der Waals surface area (Å²) in [5.74, 6) is -0.536. The van der Waals surface area contributed by atoms with Crippen molar-refractivity contribution < 1.29 is 87.1 Å². The van der Waals surface area contributed by atoms with Crippen LogP contribution in [0.4, 0.5) is 4.79 Å². The Bertz CT molecular complexity index is 2310. The SMILES string of the molecule is C.C.CCCCCCCCCCCCCCCCCC(=O)O.CCCCCCCCCCCCCCCCCCC(CCCCCCCCCCCCCCCCCC)COC(=O)C(=O)CCCCCCCCCCCCCCCCC.CCCCCCCCCCCCCCCCCCC(CO)CCCCCCCCCCCCCCCCCC.O=C1OCC(CO)O1.O=C=O.O=C=O.O=C=O.O=C=O. The molecule has 18 heteroatoms. The highest BCUT2D eigenvalue weighted by Gasteiger charge is 2.24. The molecule has 0 aromatic heterocycles. The Morgan fingerprint density at radius 1 is 0.262 bits per heavy atom. The van der Waals surface area contributed by atoms with E-state index in [4.69, 9.17) is 53.3 Å². The van der Waals surface area contributed by atoms with Crippen LogP contribution in [0.2, 0.25) is 0 Å². The van der Waals surface area contributed by atoms with E-state index in [9.17, 15) is 24.3 Å². The van der Waals surface area contributed by atoms with Crippen LogP contribution in [0, 0.1) is 11.8 Å². The minimum absolute atomic E-state index is 0. The molecule has 141 heavy (non-hydrogen) atoms. The molecule has 840 valence electrons. The van der Waals surface area contributed by atoms with Gasteiger partial charge in [0.15, 0.2) is 6.10 Å². The van der Waals surface area contributed by atoms with Crippen molar-refractivity contribution in [2.75, 3.05) is 26.4 Å². The van der Waals surface area contributed by atoms with Gasteiger partial charge in [0.05, 0.1) is 13.2 Å². The third-order valence-corrected chi connectivity index (χ3v) is 27.7. The average Bonchev–Trinajstić information content (AvgIpc) is 1.89. The number of aliphatic hydroxyl groups excluding tert-OH is 2. The van der Waals surface area contributed by atoms with E-state index in [0.717, 1.165) is 38.5 Å². The number of unbranched alkanes of at least 4 members (excludes halogenated alkanes) is 88. The van der Waals surface area contributed by atoms with E-state index < -0.39 is 24.2 Å². The second kappa shape index (κ2) is 151. The van der Waals surface area contributed by atoms with Gasteiger partial charge in [-0.25, -0.2) is 9.59 Å². The first kappa shape index (κ1) is 154. The molecular formula is C123H240O18. The third kappa shape index (κ3) is 158. The molecular weight excluding hydrogens is 1770 g/mol. The molecule has 0 spiro atoms. The van der Waals surface area contributed by atoms with Crippen molar-refractivity contribution in [1.82, 2.24) is 0 Å². The lowest BCUT2D eigenvalue weighted by Crippen LogP contribution is -2.21. The second-order valence-corrected chi connectivity index (χ2v) is 40.9. The summed E-state index contributed by atoms with van der Waals surface area (Å²) in [4.78, 5) is 111. The first-order chi connectivity index (χ1) is 68.2. The van der Waals surface area contributed by atoms with Crippen LogP contribution in [-0.2, 0) is 67.0 Å². The van der Waals surface area contributed by atoms with Gasteiger partial charge < -0.3 is 29.5 Å². The molecule has 1 saturated heterocycles. The summed E-state index contributed by atoms with van der Waals surface area (Å²) in [6.07, 6.45) is 135. The minimum Gasteiger partial charge on any atom is -0.481 e. The summed E-state index contributed by atoms with van der Waals surface area (Å²) in [5, 5.41) is 26.6. The standard InChI is InChI=1S/C57H112O3.C38H78O.C18H36O2.C4H6O4.4CO2.2CH4/c1-4-7-10-13-16-19-22-25-28-31-33-36-39-42-45-48-51-55(52-49-46-43-40-37-34-32-29-26-23-20-17-14-11-8-5-2)54-60-57(59)56(58)53-50-47-44-41-38-35-30-27-24-21-18-15-12-9-6-3;1-3-5-7-9-11-13-15-17-19-21-23-25-27-29-31-33-35-38(37-39)36-34-32-30-28-26-24-22-20-18-16-14-12-10-8-6-4-2;1-2-3-4-5-6-7-8-9-10-11-12-13-14-15-16-17-18(19)20;5-1-3-2-7-4(6)8-3;4*2-1-3;;/h55H,4-54H2,1-3H3;38-39H,3-37H2,1-2H3;2-17H2,1H3,(H,19,20);3,5H,1-2H2;;;;;2*1H4. The van der Waals surface area contributed by atoms with E-state index in [1.165, 1.54) is 591 Å². The molecule has 0 amide bonds. The molecule has 0 saturated carbocycles. The first-order valence-corrected chi connectivity index (χ1v) is 60.2. The Morgan fingerprint density at radius 2 is 0.418 bits per heavy atom. The van der Waals surface area contributed by atoms with Crippen LogP contribution in [0.25, 0.3) is 0 Å². The first-order valence-electron chi connectivity index (χ1n) is 60.2. The van der Waals surface area contributed by atoms with Gasteiger partial charge in [0.1, 0.15) is 6.61 Å². The molecule has 1 aliphatic heterocycles. The number of carbonyl (C=O) groups excluding carboxylic acids is 11. The number of esters is 1. The number of ketones is 1.